The summed E-state index contributed by atoms with van der Waals surface area (Å²) in [5, 5.41) is 0. The Balaban J connectivity index is 1.69. The molecule has 0 saturated carbocycles. The summed E-state index contributed by atoms with van der Waals surface area (Å²) in [5.74, 6) is -1.83. The van der Waals surface area contributed by atoms with Gasteiger partial charge in [0.2, 0.25) is 0 Å². The minimum atomic E-state index is -0.996. The number of methoxy groups -OCH3 is 1. The molecule has 1 amide bonds. The van der Waals surface area contributed by atoms with E-state index in [2.05, 4.69) is 0 Å². The summed E-state index contributed by atoms with van der Waals surface area (Å²) in [6.07, 6.45) is 1.87. The van der Waals surface area contributed by atoms with E-state index in [0.717, 1.165) is 25.0 Å². The zero-order chi connectivity index (χ0) is 16.6. The molecule has 0 unspecified atom stereocenters. The third-order valence-corrected chi connectivity index (χ3v) is 4.97. The minimum absolute atomic E-state index is 0.213. The van der Waals surface area contributed by atoms with Crippen molar-refractivity contribution in [2.24, 2.45) is 5.92 Å². The number of ether oxygens (including phenoxy) is 2. The first kappa shape index (κ1) is 16.3. The van der Waals surface area contributed by atoms with Crippen LogP contribution in [-0.4, -0.2) is 49.8 Å². The van der Waals surface area contributed by atoms with Gasteiger partial charge in [-0.15, -0.1) is 0 Å². The average Bonchev–Trinajstić information content (AvgIpc) is 2.90. The summed E-state index contributed by atoms with van der Waals surface area (Å²) < 4.78 is 37.6. The SMILES string of the molecule is COCC[C@H]1CCOC12CN(C(=O)c1cc(F)c(F)cc1C)C2. The van der Waals surface area contributed by atoms with Crippen LogP contribution in [0.2, 0.25) is 0 Å². The largest absolute Gasteiger partial charge is 0.385 e. The highest BCUT2D eigenvalue weighted by molar-refractivity contribution is 5.96. The highest BCUT2D eigenvalue weighted by Gasteiger charge is 2.54. The Kier molecular flexibility index (Phi) is 4.38. The maximum Gasteiger partial charge on any atom is 0.254 e. The Hall–Kier alpha value is -1.53. The molecule has 1 aromatic rings. The van der Waals surface area contributed by atoms with Gasteiger partial charge >= 0.3 is 0 Å². The van der Waals surface area contributed by atoms with Gasteiger partial charge in [0.1, 0.15) is 5.60 Å². The van der Waals surface area contributed by atoms with Crippen molar-refractivity contribution in [2.75, 3.05) is 33.4 Å². The van der Waals surface area contributed by atoms with Gasteiger partial charge in [0, 0.05) is 25.9 Å². The summed E-state index contributed by atoms with van der Waals surface area (Å²) in [4.78, 5) is 14.2. The van der Waals surface area contributed by atoms with E-state index in [-0.39, 0.29) is 17.1 Å². The smallest absolute Gasteiger partial charge is 0.254 e. The molecule has 2 fully saturated rings. The first-order chi connectivity index (χ1) is 11.0. The topological polar surface area (TPSA) is 38.8 Å². The number of rotatable bonds is 4. The predicted molar refractivity (Wildman–Crippen MR) is 80.3 cm³/mol. The zero-order valence-corrected chi connectivity index (χ0v) is 13.4. The van der Waals surface area contributed by atoms with Crippen LogP contribution >= 0.6 is 0 Å². The normalized spacial score (nSPS) is 22.4. The van der Waals surface area contributed by atoms with Crippen LogP contribution in [0, 0.1) is 24.5 Å². The number of likely N-dealkylation sites (tertiary alicyclic amines) is 1. The maximum atomic E-state index is 13.4. The molecule has 2 aliphatic rings. The molecule has 6 heteroatoms. The van der Waals surface area contributed by atoms with Crippen LogP contribution < -0.4 is 0 Å². The lowest BCUT2D eigenvalue weighted by Gasteiger charge is -2.50. The molecule has 0 aromatic heterocycles. The summed E-state index contributed by atoms with van der Waals surface area (Å²) in [6, 6.07) is 2.04. The number of nitrogens with zero attached hydrogens (tertiary/aromatic N) is 1. The lowest BCUT2D eigenvalue weighted by Crippen LogP contribution is -2.66. The van der Waals surface area contributed by atoms with Crippen LogP contribution in [-0.2, 0) is 9.47 Å². The second-order valence-electron chi connectivity index (χ2n) is 6.42. The van der Waals surface area contributed by atoms with Gasteiger partial charge in [0.25, 0.3) is 5.91 Å². The van der Waals surface area contributed by atoms with Crippen molar-refractivity contribution >= 4 is 5.91 Å². The van der Waals surface area contributed by atoms with E-state index in [1.54, 1.807) is 18.9 Å². The average molecular weight is 325 g/mol. The van der Waals surface area contributed by atoms with Gasteiger partial charge in [-0.25, -0.2) is 8.78 Å². The number of hydrogen-bond donors (Lipinski definition) is 0. The molecule has 23 heavy (non-hydrogen) atoms. The van der Waals surface area contributed by atoms with Crippen LogP contribution in [0.25, 0.3) is 0 Å². The van der Waals surface area contributed by atoms with Gasteiger partial charge in [-0.05, 0) is 43.4 Å². The second kappa shape index (κ2) is 6.17. The Morgan fingerprint density at radius 1 is 1.39 bits per heavy atom. The fourth-order valence-electron chi connectivity index (χ4n) is 3.59. The molecule has 0 bridgehead atoms. The van der Waals surface area contributed by atoms with Crippen molar-refractivity contribution in [3.05, 3.63) is 34.9 Å². The monoisotopic (exact) mass is 325 g/mol. The van der Waals surface area contributed by atoms with Crippen LogP contribution in [0.5, 0.6) is 0 Å². The number of carbonyl (C=O) groups excluding carboxylic acids is 1. The van der Waals surface area contributed by atoms with Crippen molar-refractivity contribution in [3.8, 4) is 0 Å². The van der Waals surface area contributed by atoms with Crippen LogP contribution in [0.4, 0.5) is 8.78 Å². The highest BCUT2D eigenvalue weighted by Crippen LogP contribution is 2.42. The van der Waals surface area contributed by atoms with Gasteiger partial charge in [-0.1, -0.05) is 0 Å². The van der Waals surface area contributed by atoms with Crippen molar-refractivity contribution < 1.29 is 23.0 Å². The van der Waals surface area contributed by atoms with E-state index in [1.807, 2.05) is 0 Å². The molecule has 2 saturated heterocycles. The number of aryl methyl sites for hydroxylation is 1. The Morgan fingerprint density at radius 3 is 2.78 bits per heavy atom. The van der Waals surface area contributed by atoms with E-state index in [4.69, 9.17) is 9.47 Å². The van der Waals surface area contributed by atoms with Crippen molar-refractivity contribution in [3.63, 3.8) is 0 Å². The van der Waals surface area contributed by atoms with Gasteiger partial charge < -0.3 is 14.4 Å². The number of halogens is 2. The quantitative estimate of drug-likeness (QED) is 0.854. The lowest BCUT2D eigenvalue weighted by atomic mass is 9.78. The molecule has 1 spiro atoms. The molecule has 4 nitrogen and oxygen atoms in total. The van der Waals surface area contributed by atoms with E-state index in [1.165, 1.54) is 0 Å². The van der Waals surface area contributed by atoms with Gasteiger partial charge in [-0.2, -0.15) is 0 Å². The van der Waals surface area contributed by atoms with Crippen LogP contribution in [0.3, 0.4) is 0 Å². The second-order valence-corrected chi connectivity index (χ2v) is 6.42. The van der Waals surface area contributed by atoms with E-state index < -0.39 is 11.6 Å². The number of carbonyl (C=O) groups is 1. The number of hydrogen-bond acceptors (Lipinski definition) is 3. The Morgan fingerprint density at radius 2 is 2.09 bits per heavy atom. The van der Waals surface area contributed by atoms with E-state index >= 15 is 0 Å². The summed E-state index contributed by atoms with van der Waals surface area (Å²) in [6.45, 7) is 3.97. The molecule has 0 N–H and O–H groups in total. The molecule has 1 aromatic carbocycles. The van der Waals surface area contributed by atoms with Gasteiger partial charge in [-0.3, -0.25) is 4.79 Å². The first-order valence-electron chi connectivity index (χ1n) is 7.84. The Bertz CT molecular complexity index is 614. The fourth-order valence-corrected chi connectivity index (χ4v) is 3.59. The van der Waals surface area contributed by atoms with E-state index in [9.17, 15) is 13.6 Å². The van der Waals surface area contributed by atoms with Crippen molar-refractivity contribution in [2.45, 2.75) is 25.4 Å². The fraction of sp³-hybridized carbons (Fsp3) is 0.588. The van der Waals surface area contributed by atoms with Crippen molar-refractivity contribution in [1.82, 2.24) is 4.90 Å². The zero-order valence-electron chi connectivity index (χ0n) is 13.4. The number of amides is 1. The van der Waals surface area contributed by atoms with Crippen LogP contribution in [0.1, 0.15) is 28.8 Å². The third-order valence-electron chi connectivity index (χ3n) is 4.97. The standard InChI is InChI=1S/C17H21F2NO3/c1-11-7-14(18)15(19)8-13(11)16(21)20-9-17(10-20)12(3-5-22-2)4-6-23-17/h7-8,12H,3-6,9-10H2,1-2H3/t12-/m0/s1. The molecule has 3 rings (SSSR count). The molecule has 2 heterocycles. The van der Waals surface area contributed by atoms with Crippen LogP contribution in [0.15, 0.2) is 12.1 Å². The summed E-state index contributed by atoms with van der Waals surface area (Å²) >= 11 is 0. The lowest BCUT2D eigenvalue weighted by molar-refractivity contribution is -0.120. The van der Waals surface area contributed by atoms with Crippen molar-refractivity contribution in [1.29, 1.82) is 0 Å². The first-order valence-corrected chi connectivity index (χ1v) is 7.84. The molecule has 0 aliphatic carbocycles. The minimum Gasteiger partial charge on any atom is -0.385 e. The molecule has 1 atom stereocenters. The van der Waals surface area contributed by atoms with Gasteiger partial charge in [0.05, 0.1) is 13.1 Å². The molecule has 0 radical (unpaired) electrons. The predicted octanol–water partition coefficient (Wildman–Crippen LogP) is 2.54. The Labute approximate surface area is 134 Å². The van der Waals surface area contributed by atoms with E-state index in [0.29, 0.717) is 37.8 Å². The molecular formula is C17H21F2NO3. The number of benzene rings is 1. The third kappa shape index (κ3) is 2.85. The molecular weight excluding hydrogens is 304 g/mol. The summed E-state index contributed by atoms with van der Waals surface area (Å²) in [7, 11) is 1.67. The molecule has 126 valence electrons. The molecule has 2 aliphatic heterocycles. The maximum absolute atomic E-state index is 13.4. The van der Waals surface area contributed by atoms with Gasteiger partial charge in [0.15, 0.2) is 11.6 Å². The highest BCUT2D eigenvalue weighted by atomic mass is 19.2. The summed E-state index contributed by atoms with van der Waals surface area (Å²) in [5.41, 5.74) is 0.365.